The van der Waals surface area contributed by atoms with Gasteiger partial charge in [0.05, 0.1) is 14.8 Å². The number of anilines is 9. The van der Waals surface area contributed by atoms with Crippen molar-refractivity contribution in [3.63, 3.8) is 0 Å². The first-order chi connectivity index (χ1) is 35.9. The van der Waals surface area contributed by atoms with Crippen LogP contribution in [0, 0.1) is 30.3 Å². The molecule has 0 atom stereocenters. The fraction of sp³-hybridized carbons (Fsp3) is 0.0588. The van der Waals surface area contributed by atoms with Crippen LogP contribution in [-0.4, -0.2) is 71.7 Å². The quantitative estimate of drug-likeness (QED) is 0.0413. The van der Waals surface area contributed by atoms with Crippen molar-refractivity contribution >= 4 is 104 Å². The van der Waals surface area contributed by atoms with Crippen molar-refractivity contribution in [2.45, 2.75) is 0 Å². The van der Waals surface area contributed by atoms with E-state index in [1.54, 1.807) is 0 Å². The maximum Gasteiger partial charge on any atom is 0.323 e. The van der Waals surface area contributed by atoms with Crippen molar-refractivity contribution < 1.29 is 43.5 Å². The smallest absolute Gasteiger partial charge is 0.311 e. The van der Waals surface area contributed by atoms with Crippen molar-refractivity contribution in [1.82, 2.24) is 0 Å². The normalized spacial score (nSPS) is 10.4. The summed E-state index contributed by atoms with van der Waals surface area (Å²) in [7, 11) is 4.36. The van der Waals surface area contributed by atoms with Crippen LogP contribution < -0.4 is 46.6 Å². The number of hydrogen-bond acceptors (Lipinski definition) is 12. The summed E-state index contributed by atoms with van der Waals surface area (Å²) >= 11 is 0. The van der Waals surface area contributed by atoms with E-state index in [9.17, 15) is 59.1 Å². The first-order valence-electron chi connectivity index (χ1n) is 22.1. The number of nitro groups is 3. The third-order valence-electron chi connectivity index (χ3n) is 11.2. The maximum atomic E-state index is 14.3. The van der Waals surface area contributed by atoms with Gasteiger partial charge in [-0.3, -0.25) is 44.7 Å². The van der Waals surface area contributed by atoms with Crippen LogP contribution >= 0.6 is 0 Å². The van der Waals surface area contributed by atoms with E-state index in [2.05, 4.69) is 31.9 Å². The number of para-hydroxylation sites is 6. The van der Waals surface area contributed by atoms with Gasteiger partial charge in [-0.1, -0.05) is 36.4 Å². The number of urea groups is 3. The molecule has 0 aliphatic carbocycles. The Morgan fingerprint density at radius 3 is 0.800 bits per heavy atom. The fourth-order valence-corrected chi connectivity index (χ4v) is 7.31. The molecular weight excluding hydrogens is 973 g/mol. The number of rotatable bonds is 15. The Kier molecular flexibility index (Phi) is 15.7. The number of amides is 9. The molecule has 9 amide bonds. The summed E-state index contributed by atoms with van der Waals surface area (Å²) < 4.78 is 0. The van der Waals surface area contributed by atoms with Crippen molar-refractivity contribution in [3.05, 3.63) is 211 Å². The molecule has 0 heterocycles. The summed E-state index contributed by atoms with van der Waals surface area (Å²) in [4.78, 5) is 117. The second kappa shape index (κ2) is 22.8. The van der Waals surface area contributed by atoms with Crippen molar-refractivity contribution in [2.24, 2.45) is 0 Å². The van der Waals surface area contributed by atoms with Crippen LogP contribution in [0.3, 0.4) is 0 Å². The lowest BCUT2D eigenvalue weighted by atomic mass is 10.0. The van der Waals surface area contributed by atoms with E-state index in [-0.39, 0.29) is 67.9 Å². The van der Waals surface area contributed by atoms with Crippen molar-refractivity contribution in [2.75, 3.05) is 67.7 Å². The van der Waals surface area contributed by atoms with Gasteiger partial charge in [-0.2, -0.15) is 0 Å². The SMILES string of the molecule is CN(C(=O)c1cc(C(=O)N(C)c2ccc(NC(=O)Nc3ccccc3[N+](=O)[O-])cc2)cc(C(=O)N(C)c2ccc(NC(=O)Nc3ccccc3[N+](=O)[O-])cc2)c1)c1ccc(NC(=O)Nc2ccccc2[N+](=O)[O-])cc1. The van der Waals surface area contributed by atoms with E-state index in [0.29, 0.717) is 17.1 Å². The molecule has 0 radical (unpaired) electrons. The first kappa shape index (κ1) is 51.8. The van der Waals surface area contributed by atoms with Crippen LogP contribution in [0.5, 0.6) is 0 Å². The minimum absolute atomic E-state index is 0.0273. The Balaban J connectivity index is 1.10. The van der Waals surface area contributed by atoms with Gasteiger partial charge in [-0.05, 0) is 109 Å². The largest absolute Gasteiger partial charge is 0.323 e. The predicted molar refractivity (Wildman–Crippen MR) is 281 cm³/mol. The summed E-state index contributed by atoms with van der Waals surface area (Å²) in [6.07, 6.45) is 0. The second-order valence-electron chi connectivity index (χ2n) is 16.1. The average Bonchev–Trinajstić information content (AvgIpc) is 3.40. The van der Waals surface area contributed by atoms with Crippen LogP contribution in [0.2, 0.25) is 0 Å². The minimum Gasteiger partial charge on any atom is -0.311 e. The molecular formula is C51H42N12O12. The van der Waals surface area contributed by atoms with Crippen molar-refractivity contribution in [1.29, 1.82) is 0 Å². The molecule has 0 saturated heterocycles. The number of nitrogens with zero attached hydrogens (tertiary/aromatic N) is 6. The number of carbonyl (C=O) groups excluding carboxylic acids is 6. The van der Waals surface area contributed by atoms with Gasteiger partial charge >= 0.3 is 18.1 Å². The molecule has 0 aliphatic heterocycles. The lowest BCUT2D eigenvalue weighted by Gasteiger charge is -2.22. The molecule has 0 spiro atoms. The van der Waals surface area contributed by atoms with E-state index >= 15 is 0 Å². The average molecular weight is 1010 g/mol. The molecule has 7 aromatic carbocycles. The fourth-order valence-electron chi connectivity index (χ4n) is 7.31. The summed E-state index contributed by atoms with van der Waals surface area (Å²) in [5.74, 6) is -1.95. The summed E-state index contributed by atoms with van der Waals surface area (Å²) in [5.41, 5.74) is 0.589. The Labute approximate surface area is 425 Å². The molecule has 378 valence electrons. The van der Waals surface area contributed by atoms with Crippen molar-refractivity contribution in [3.8, 4) is 0 Å². The zero-order valence-electron chi connectivity index (χ0n) is 39.7. The van der Waals surface area contributed by atoms with Gasteiger partial charge in [0.1, 0.15) is 17.1 Å². The maximum absolute atomic E-state index is 14.3. The van der Waals surface area contributed by atoms with E-state index in [0.717, 1.165) is 0 Å². The molecule has 7 rings (SSSR count). The van der Waals surface area contributed by atoms with Crippen LogP contribution in [0.25, 0.3) is 0 Å². The number of benzene rings is 7. The monoisotopic (exact) mass is 1010 g/mol. The summed E-state index contributed by atoms with van der Waals surface area (Å²) in [5, 5.41) is 49.3. The van der Waals surface area contributed by atoms with Gasteiger partial charge in [0.2, 0.25) is 0 Å². The van der Waals surface area contributed by atoms with E-state index in [4.69, 9.17) is 0 Å². The summed E-state index contributed by atoms with van der Waals surface area (Å²) in [6, 6.07) is 36.5. The number of nitro benzene ring substituents is 3. The first-order valence-corrected chi connectivity index (χ1v) is 22.1. The molecule has 24 heteroatoms. The van der Waals surface area contributed by atoms with E-state index in [1.807, 2.05) is 0 Å². The zero-order chi connectivity index (χ0) is 53.9. The number of carbonyl (C=O) groups is 6. The lowest BCUT2D eigenvalue weighted by Crippen LogP contribution is -2.31. The molecule has 7 aromatic rings. The van der Waals surface area contributed by atoms with Crippen LogP contribution in [0.15, 0.2) is 164 Å². The second-order valence-corrected chi connectivity index (χ2v) is 16.1. The van der Waals surface area contributed by atoms with Gasteiger partial charge in [-0.15, -0.1) is 0 Å². The Morgan fingerprint density at radius 1 is 0.347 bits per heavy atom. The highest BCUT2D eigenvalue weighted by molar-refractivity contribution is 6.14. The highest BCUT2D eigenvalue weighted by Gasteiger charge is 2.25. The molecule has 0 saturated carbocycles. The third-order valence-corrected chi connectivity index (χ3v) is 11.2. The third kappa shape index (κ3) is 12.7. The highest BCUT2D eigenvalue weighted by Crippen LogP contribution is 2.29. The van der Waals surface area contributed by atoms with Gasteiger partial charge in [0.25, 0.3) is 34.8 Å². The molecule has 75 heavy (non-hydrogen) atoms. The van der Waals surface area contributed by atoms with Crippen LogP contribution in [0.4, 0.5) is 82.6 Å². The molecule has 0 bridgehead atoms. The molecule has 0 aromatic heterocycles. The highest BCUT2D eigenvalue weighted by atomic mass is 16.6. The van der Waals surface area contributed by atoms with Crippen LogP contribution in [0.1, 0.15) is 31.1 Å². The van der Waals surface area contributed by atoms with E-state index in [1.165, 1.54) is 200 Å². The molecule has 0 unspecified atom stereocenters. The predicted octanol–water partition coefficient (Wildman–Crippen LogP) is 10.2. The molecule has 0 aliphatic rings. The minimum atomic E-state index is -0.766. The lowest BCUT2D eigenvalue weighted by molar-refractivity contribution is -0.384. The Bertz CT molecular complexity index is 3030. The Hall–Kier alpha value is -11.0. The van der Waals surface area contributed by atoms with Gasteiger partial charge in [0, 0.05) is 90.2 Å². The van der Waals surface area contributed by atoms with Gasteiger partial charge in [0.15, 0.2) is 0 Å². The topological polar surface area (TPSA) is 314 Å². The van der Waals surface area contributed by atoms with Gasteiger partial charge < -0.3 is 46.6 Å². The zero-order valence-corrected chi connectivity index (χ0v) is 39.7. The number of nitrogens with one attached hydrogen (secondary N) is 6. The van der Waals surface area contributed by atoms with E-state index < -0.39 is 50.6 Å². The Morgan fingerprint density at radius 2 is 0.573 bits per heavy atom. The molecule has 24 nitrogen and oxygen atoms in total. The number of hydrogen-bond donors (Lipinski definition) is 6. The molecule has 0 fully saturated rings. The summed E-state index contributed by atoms with van der Waals surface area (Å²) in [6.45, 7) is 0. The molecule has 6 N–H and O–H groups in total. The van der Waals surface area contributed by atoms with Gasteiger partial charge in [-0.25, -0.2) is 14.4 Å². The standard InChI is InChI=1S/C51H42N12O12/c1-58(37-22-16-34(17-23-37)52-49(67)55-40-10-4-7-13-43(40)61(70)71)46(64)31-28-32(47(65)59(2)38-24-18-35(19-25-38)53-50(68)56-41-11-5-8-14-44(41)62(72)73)30-33(29-31)48(66)60(3)39-26-20-36(21-27-39)54-51(69)57-42-12-6-9-15-45(42)63(74)75/h4-30H,1-3H3,(H2,52,55,67)(H2,53,56,68)(H2,54,57,69). The van der Waals surface area contributed by atoms with Crippen LogP contribution in [-0.2, 0) is 0 Å².